The number of nitrogens with zero attached hydrogens (tertiary/aromatic N) is 2. The maximum atomic E-state index is 13.1. The minimum atomic E-state index is -0.661. The summed E-state index contributed by atoms with van der Waals surface area (Å²) >= 11 is 1.60. The number of nitrogens with one attached hydrogen (secondary N) is 2. The van der Waals surface area contributed by atoms with E-state index in [2.05, 4.69) is 10.6 Å². The highest BCUT2D eigenvalue weighted by Crippen LogP contribution is 2.31. The summed E-state index contributed by atoms with van der Waals surface area (Å²) in [6.45, 7) is 2.78. The molecule has 156 valence electrons. The molecule has 2 aromatic rings. The topological polar surface area (TPSA) is 81.8 Å². The van der Waals surface area contributed by atoms with Gasteiger partial charge in [-0.15, -0.1) is 11.8 Å². The van der Waals surface area contributed by atoms with Crippen LogP contribution in [0, 0.1) is 0 Å². The van der Waals surface area contributed by atoms with E-state index in [-0.39, 0.29) is 17.2 Å². The van der Waals surface area contributed by atoms with Crippen LogP contribution in [0.3, 0.4) is 0 Å². The number of anilines is 1. The normalized spacial score (nSPS) is 23.7. The molecular weight excluding hydrogens is 400 g/mol. The van der Waals surface area contributed by atoms with Crippen molar-refractivity contribution in [2.24, 2.45) is 0 Å². The Balaban J connectivity index is 1.40. The van der Waals surface area contributed by atoms with Gasteiger partial charge in [0.15, 0.2) is 0 Å². The lowest BCUT2D eigenvalue weighted by atomic mass is 10.1. The van der Waals surface area contributed by atoms with E-state index < -0.39 is 18.1 Å². The second-order valence-electron chi connectivity index (χ2n) is 7.43. The van der Waals surface area contributed by atoms with Crippen LogP contribution in [0.2, 0.25) is 0 Å². The molecule has 2 saturated heterocycles. The number of rotatable bonds is 4. The molecule has 2 aliphatic heterocycles. The van der Waals surface area contributed by atoms with Gasteiger partial charge in [0, 0.05) is 18.0 Å². The zero-order valence-electron chi connectivity index (χ0n) is 16.7. The Morgan fingerprint density at radius 1 is 1.03 bits per heavy atom. The molecule has 3 atom stereocenters. The van der Waals surface area contributed by atoms with Crippen LogP contribution >= 0.6 is 11.8 Å². The maximum absolute atomic E-state index is 13.1. The third kappa shape index (κ3) is 4.28. The standard InChI is InChI=1S/C22H24N4O3S/c1-15-20(27)25(12-16-8-4-2-5-9-16)13-19-26(15)21(28)18(14-30-19)24-22(29)23-17-10-6-3-7-11-17/h2-11,15,18-19H,12-14H2,1H3,(H2,23,24,29)/t15-,18?,19-/m0/s1. The summed E-state index contributed by atoms with van der Waals surface area (Å²) in [5.74, 6) is 0.197. The number of carbonyl (C=O) groups excluding carboxylic acids is 3. The molecule has 2 N–H and O–H groups in total. The van der Waals surface area contributed by atoms with E-state index in [0.717, 1.165) is 5.56 Å². The van der Waals surface area contributed by atoms with E-state index >= 15 is 0 Å². The Morgan fingerprint density at radius 3 is 2.40 bits per heavy atom. The fraction of sp³-hybridized carbons (Fsp3) is 0.318. The molecule has 4 amide bonds. The molecule has 2 heterocycles. The van der Waals surface area contributed by atoms with Gasteiger partial charge < -0.3 is 20.4 Å². The molecule has 0 saturated carbocycles. The van der Waals surface area contributed by atoms with Gasteiger partial charge in [0.25, 0.3) is 0 Å². The average molecular weight is 425 g/mol. The molecule has 0 radical (unpaired) electrons. The third-order valence-corrected chi connectivity index (χ3v) is 6.62. The zero-order chi connectivity index (χ0) is 21.1. The van der Waals surface area contributed by atoms with Crippen molar-refractivity contribution in [1.82, 2.24) is 15.1 Å². The molecule has 1 unspecified atom stereocenters. The number of hydrogen-bond acceptors (Lipinski definition) is 4. The molecule has 2 aliphatic rings. The lowest BCUT2D eigenvalue weighted by Crippen LogP contribution is -2.67. The van der Waals surface area contributed by atoms with Gasteiger partial charge in [0.2, 0.25) is 11.8 Å². The Morgan fingerprint density at radius 2 is 1.70 bits per heavy atom. The first-order valence-electron chi connectivity index (χ1n) is 9.92. The number of para-hydroxylation sites is 1. The van der Waals surface area contributed by atoms with Crippen LogP contribution < -0.4 is 10.6 Å². The van der Waals surface area contributed by atoms with Crippen LogP contribution in [0.1, 0.15) is 12.5 Å². The van der Waals surface area contributed by atoms with Crippen molar-refractivity contribution < 1.29 is 14.4 Å². The molecular formula is C22H24N4O3S. The average Bonchev–Trinajstić information content (AvgIpc) is 2.75. The number of carbonyl (C=O) groups is 3. The van der Waals surface area contributed by atoms with Crippen molar-refractivity contribution in [3.05, 3.63) is 66.2 Å². The number of hydrogen-bond donors (Lipinski definition) is 2. The molecule has 0 bridgehead atoms. The third-order valence-electron chi connectivity index (χ3n) is 5.33. The molecule has 4 rings (SSSR count). The summed E-state index contributed by atoms with van der Waals surface area (Å²) in [6.07, 6.45) is 0. The van der Waals surface area contributed by atoms with Gasteiger partial charge in [0.1, 0.15) is 12.1 Å². The van der Waals surface area contributed by atoms with E-state index in [1.54, 1.807) is 35.7 Å². The predicted molar refractivity (Wildman–Crippen MR) is 117 cm³/mol. The first-order chi connectivity index (χ1) is 14.5. The van der Waals surface area contributed by atoms with Crippen LogP contribution in [0.15, 0.2) is 60.7 Å². The van der Waals surface area contributed by atoms with Gasteiger partial charge in [-0.25, -0.2) is 4.79 Å². The molecule has 30 heavy (non-hydrogen) atoms. The minimum Gasteiger partial charge on any atom is -0.334 e. The van der Waals surface area contributed by atoms with Gasteiger partial charge in [-0.2, -0.15) is 0 Å². The van der Waals surface area contributed by atoms with E-state index in [9.17, 15) is 14.4 Å². The predicted octanol–water partition coefficient (Wildman–Crippen LogP) is 2.51. The molecule has 8 heteroatoms. The first kappa shape index (κ1) is 20.3. The van der Waals surface area contributed by atoms with Gasteiger partial charge in [-0.05, 0) is 24.6 Å². The van der Waals surface area contributed by atoms with Crippen molar-refractivity contribution in [2.45, 2.75) is 30.9 Å². The minimum absolute atomic E-state index is 0.0709. The number of amides is 4. The number of urea groups is 1. The van der Waals surface area contributed by atoms with E-state index in [1.165, 1.54) is 0 Å². The van der Waals surface area contributed by atoms with Crippen molar-refractivity contribution in [3.8, 4) is 0 Å². The van der Waals surface area contributed by atoms with Crippen molar-refractivity contribution in [3.63, 3.8) is 0 Å². The largest absolute Gasteiger partial charge is 0.334 e. The summed E-state index contributed by atoms with van der Waals surface area (Å²) in [6, 6.07) is 17.3. The Labute approximate surface area is 179 Å². The summed E-state index contributed by atoms with van der Waals surface area (Å²) in [7, 11) is 0. The number of benzene rings is 2. The molecule has 2 fully saturated rings. The molecule has 0 aliphatic carbocycles. The number of thioether (sulfide) groups is 1. The van der Waals surface area contributed by atoms with E-state index in [1.807, 2.05) is 53.4 Å². The van der Waals surface area contributed by atoms with Crippen LogP contribution in [0.4, 0.5) is 10.5 Å². The summed E-state index contributed by atoms with van der Waals surface area (Å²) < 4.78 is 0. The fourth-order valence-electron chi connectivity index (χ4n) is 3.82. The summed E-state index contributed by atoms with van der Waals surface area (Å²) in [4.78, 5) is 41.7. The van der Waals surface area contributed by atoms with E-state index in [0.29, 0.717) is 24.5 Å². The maximum Gasteiger partial charge on any atom is 0.319 e. The Kier molecular flexibility index (Phi) is 5.94. The second kappa shape index (κ2) is 8.79. The summed E-state index contributed by atoms with van der Waals surface area (Å²) in [5.41, 5.74) is 1.72. The summed E-state index contributed by atoms with van der Waals surface area (Å²) in [5, 5.41) is 5.37. The lowest BCUT2D eigenvalue weighted by molar-refractivity contribution is -0.153. The quantitative estimate of drug-likeness (QED) is 0.790. The monoisotopic (exact) mass is 424 g/mol. The molecule has 0 spiro atoms. The van der Waals surface area contributed by atoms with Crippen LogP contribution in [0.5, 0.6) is 0 Å². The van der Waals surface area contributed by atoms with Crippen LogP contribution in [-0.4, -0.2) is 57.4 Å². The van der Waals surface area contributed by atoms with Crippen molar-refractivity contribution in [2.75, 3.05) is 17.6 Å². The van der Waals surface area contributed by atoms with Crippen molar-refractivity contribution >= 4 is 35.3 Å². The number of piperazine rings is 1. The van der Waals surface area contributed by atoms with Gasteiger partial charge in [0.05, 0.1) is 11.9 Å². The molecule has 2 aromatic carbocycles. The Hall–Kier alpha value is -3.00. The van der Waals surface area contributed by atoms with Gasteiger partial charge in [-0.1, -0.05) is 48.5 Å². The highest BCUT2D eigenvalue weighted by molar-refractivity contribution is 8.00. The lowest BCUT2D eigenvalue weighted by Gasteiger charge is -2.48. The van der Waals surface area contributed by atoms with Crippen LogP contribution in [0.25, 0.3) is 0 Å². The SMILES string of the molecule is C[C@H]1C(=O)N(Cc2ccccc2)C[C@@H]2SCC(NC(=O)Nc3ccccc3)C(=O)N21. The van der Waals surface area contributed by atoms with Gasteiger partial charge >= 0.3 is 6.03 Å². The second-order valence-corrected chi connectivity index (χ2v) is 8.64. The van der Waals surface area contributed by atoms with Crippen LogP contribution in [-0.2, 0) is 16.1 Å². The molecule has 7 nitrogen and oxygen atoms in total. The number of fused-ring (bicyclic) bond motifs is 1. The van der Waals surface area contributed by atoms with Gasteiger partial charge in [-0.3, -0.25) is 9.59 Å². The first-order valence-corrected chi connectivity index (χ1v) is 11.0. The zero-order valence-corrected chi connectivity index (χ0v) is 17.5. The highest BCUT2D eigenvalue weighted by atomic mass is 32.2. The fourth-order valence-corrected chi connectivity index (χ4v) is 5.19. The highest BCUT2D eigenvalue weighted by Gasteiger charge is 2.46. The molecule has 0 aromatic heterocycles. The Bertz CT molecular complexity index is 924. The van der Waals surface area contributed by atoms with Crippen molar-refractivity contribution in [1.29, 1.82) is 0 Å². The van der Waals surface area contributed by atoms with E-state index in [4.69, 9.17) is 0 Å². The smallest absolute Gasteiger partial charge is 0.319 e.